The van der Waals surface area contributed by atoms with E-state index < -0.39 is 11.7 Å². The van der Waals surface area contributed by atoms with Gasteiger partial charge in [-0.25, -0.2) is 4.39 Å². The van der Waals surface area contributed by atoms with E-state index in [1.54, 1.807) is 11.0 Å². The second kappa shape index (κ2) is 9.02. The Labute approximate surface area is 201 Å². The number of nitrogens with zero attached hydrogens (tertiary/aromatic N) is 1. The number of hydrogen-bond acceptors (Lipinski definition) is 5. The third-order valence-electron chi connectivity index (χ3n) is 5.99. The Morgan fingerprint density at radius 2 is 2.12 bits per heavy atom. The van der Waals surface area contributed by atoms with Gasteiger partial charge in [0, 0.05) is 41.4 Å². The van der Waals surface area contributed by atoms with Crippen LogP contribution in [0.15, 0.2) is 54.3 Å². The Morgan fingerprint density at radius 3 is 2.91 bits per heavy atom. The minimum atomic E-state index is -0.678. The van der Waals surface area contributed by atoms with Crippen LogP contribution in [0.25, 0.3) is 0 Å². The molecule has 0 radical (unpaired) electrons. The van der Waals surface area contributed by atoms with Crippen molar-refractivity contribution in [3.8, 4) is 11.5 Å². The summed E-state index contributed by atoms with van der Waals surface area (Å²) in [6.45, 7) is 3.13. The van der Waals surface area contributed by atoms with Crippen molar-refractivity contribution in [1.82, 2.24) is 10.2 Å². The lowest BCUT2D eigenvalue weighted by Gasteiger charge is -2.39. The molecule has 5 rings (SSSR count). The first kappa shape index (κ1) is 22.3. The van der Waals surface area contributed by atoms with E-state index in [0.717, 1.165) is 23.1 Å². The summed E-state index contributed by atoms with van der Waals surface area (Å²) >= 11 is 6.22. The molecule has 0 spiro atoms. The molecular formula is C25H23ClFN3O4. The van der Waals surface area contributed by atoms with E-state index in [1.165, 1.54) is 6.07 Å². The monoisotopic (exact) mass is 483 g/mol. The van der Waals surface area contributed by atoms with E-state index in [0.29, 0.717) is 30.4 Å². The van der Waals surface area contributed by atoms with Crippen molar-refractivity contribution in [2.45, 2.75) is 13.0 Å². The van der Waals surface area contributed by atoms with Crippen LogP contribution in [0.3, 0.4) is 0 Å². The molecule has 0 saturated carbocycles. The highest BCUT2D eigenvalue weighted by molar-refractivity contribution is 6.30. The number of ether oxygens (including phenoxy) is 2. The number of carbonyl (C=O) groups excluding carboxylic acids is 2. The molecule has 1 unspecified atom stereocenters. The largest absolute Gasteiger partial charge is 0.493 e. The van der Waals surface area contributed by atoms with Crippen LogP contribution in [0.2, 0.25) is 5.02 Å². The first-order valence-corrected chi connectivity index (χ1v) is 11.3. The van der Waals surface area contributed by atoms with Gasteiger partial charge in [-0.15, -0.1) is 0 Å². The minimum absolute atomic E-state index is 0.0466. The number of hydrogen-bond donors (Lipinski definition) is 2. The summed E-state index contributed by atoms with van der Waals surface area (Å²) in [5, 5.41) is 6.62. The molecule has 3 aliphatic heterocycles. The van der Waals surface area contributed by atoms with Crippen molar-refractivity contribution >= 4 is 29.1 Å². The minimum Gasteiger partial charge on any atom is -0.493 e. The van der Waals surface area contributed by atoms with Crippen LogP contribution in [-0.2, 0) is 4.79 Å². The molecule has 2 aromatic carbocycles. The van der Waals surface area contributed by atoms with Gasteiger partial charge in [-0.1, -0.05) is 23.8 Å². The van der Waals surface area contributed by atoms with Gasteiger partial charge in [-0.3, -0.25) is 9.59 Å². The highest BCUT2D eigenvalue weighted by atomic mass is 35.5. The number of rotatable bonds is 5. The number of dihydropyridines is 1. The Hall–Kier alpha value is -3.52. The van der Waals surface area contributed by atoms with Gasteiger partial charge in [-0.2, -0.15) is 0 Å². The maximum Gasteiger partial charge on any atom is 0.262 e. The van der Waals surface area contributed by atoms with Crippen molar-refractivity contribution in [1.29, 1.82) is 0 Å². The van der Waals surface area contributed by atoms with Gasteiger partial charge in [0.15, 0.2) is 6.61 Å². The van der Waals surface area contributed by atoms with Crippen LogP contribution < -0.4 is 20.1 Å². The van der Waals surface area contributed by atoms with Crippen LogP contribution in [0, 0.1) is 11.7 Å². The Balaban J connectivity index is 1.21. The van der Waals surface area contributed by atoms with Crippen molar-refractivity contribution in [3.05, 3.63) is 76.2 Å². The zero-order chi connectivity index (χ0) is 23.8. The average Bonchev–Trinajstić information content (AvgIpc) is 2.78. The molecule has 7 nitrogen and oxygen atoms in total. The molecule has 2 N–H and O–H groups in total. The van der Waals surface area contributed by atoms with Crippen LogP contribution in [0.5, 0.6) is 11.5 Å². The molecule has 3 aliphatic rings. The van der Waals surface area contributed by atoms with Crippen LogP contribution in [-0.4, -0.2) is 43.0 Å². The Kier molecular flexibility index (Phi) is 5.91. The molecule has 1 fully saturated rings. The standard InChI is InChI=1S/C25H23ClFN3O4/c1-14-3-2-4-20(28-14)18-7-16(26)5-6-22(18)33-12-15-10-30(11-15)25(32)17-8-21-23(9-19(17)27)34-13-24(31)29-21/h2-9,15,20,28H,10-13H2,1H3,(H,29,31). The number of halogens is 2. The molecule has 1 atom stereocenters. The topological polar surface area (TPSA) is 79.9 Å². The average molecular weight is 484 g/mol. The third-order valence-corrected chi connectivity index (χ3v) is 6.23. The van der Waals surface area contributed by atoms with E-state index in [1.807, 2.05) is 37.3 Å². The van der Waals surface area contributed by atoms with Crippen molar-refractivity contribution in [2.75, 3.05) is 31.6 Å². The van der Waals surface area contributed by atoms with Gasteiger partial charge >= 0.3 is 0 Å². The zero-order valence-corrected chi connectivity index (χ0v) is 19.2. The fraction of sp³-hybridized carbons (Fsp3) is 0.280. The molecule has 0 aromatic heterocycles. The summed E-state index contributed by atoms with van der Waals surface area (Å²) in [5.41, 5.74) is 2.19. The summed E-state index contributed by atoms with van der Waals surface area (Å²) in [6, 6.07) is 7.93. The van der Waals surface area contributed by atoms with E-state index in [2.05, 4.69) is 10.6 Å². The summed E-state index contributed by atoms with van der Waals surface area (Å²) in [7, 11) is 0. The Bertz CT molecular complexity index is 1220. The lowest BCUT2D eigenvalue weighted by Crippen LogP contribution is -2.52. The number of nitrogens with one attached hydrogen (secondary N) is 2. The van der Waals surface area contributed by atoms with Gasteiger partial charge < -0.3 is 25.0 Å². The van der Waals surface area contributed by atoms with Gasteiger partial charge in [0.1, 0.15) is 17.3 Å². The number of likely N-dealkylation sites (tertiary alicyclic amines) is 1. The van der Waals surface area contributed by atoms with Crippen molar-refractivity contribution in [3.63, 3.8) is 0 Å². The number of amides is 2. The van der Waals surface area contributed by atoms with Gasteiger partial charge in [0.2, 0.25) is 0 Å². The van der Waals surface area contributed by atoms with Gasteiger partial charge in [0.05, 0.1) is 23.9 Å². The fourth-order valence-corrected chi connectivity index (χ4v) is 4.39. The predicted octanol–water partition coefficient (Wildman–Crippen LogP) is 4.07. The van der Waals surface area contributed by atoms with Gasteiger partial charge in [0.25, 0.3) is 11.8 Å². The second-order valence-corrected chi connectivity index (χ2v) is 9.03. The van der Waals surface area contributed by atoms with Crippen LogP contribution >= 0.6 is 11.6 Å². The Morgan fingerprint density at radius 1 is 1.29 bits per heavy atom. The highest BCUT2D eigenvalue weighted by Crippen LogP contribution is 2.34. The SMILES string of the molecule is CC1=CC=CC(c2cc(Cl)ccc2OCC2CN(C(=O)c3cc4c(cc3F)OCC(=O)N4)C2)N1. The lowest BCUT2D eigenvalue weighted by molar-refractivity contribution is -0.118. The van der Waals surface area contributed by atoms with Crippen LogP contribution in [0.4, 0.5) is 10.1 Å². The van der Waals surface area contributed by atoms with Crippen LogP contribution in [0.1, 0.15) is 28.9 Å². The second-order valence-electron chi connectivity index (χ2n) is 8.59. The molecule has 0 bridgehead atoms. The maximum absolute atomic E-state index is 14.5. The van der Waals surface area contributed by atoms with Gasteiger partial charge in [-0.05, 0) is 37.3 Å². The predicted molar refractivity (Wildman–Crippen MR) is 126 cm³/mol. The summed E-state index contributed by atoms with van der Waals surface area (Å²) in [5.74, 6) is -0.388. The summed E-state index contributed by atoms with van der Waals surface area (Å²) < 4.78 is 25.8. The third kappa shape index (κ3) is 4.46. The molecular weight excluding hydrogens is 461 g/mol. The number of allylic oxidation sites excluding steroid dienone is 3. The summed E-state index contributed by atoms with van der Waals surface area (Å²) in [6.07, 6.45) is 6.03. The van der Waals surface area contributed by atoms with Crippen molar-refractivity contribution in [2.24, 2.45) is 5.92 Å². The first-order chi connectivity index (χ1) is 16.4. The van der Waals surface area contributed by atoms with E-state index in [9.17, 15) is 14.0 Å². The smallest absolute Gasteiger partial charge is 0.262 e. The quantitative estimate of drug-likeness (QED) is 0.670. The van der Waals surface area contributed by atoms with E-state index >= 15 is 0 Å². The highest BCUT2D eigenvalue weighted by Gasteiger charge is 2.34. The normalized spacial score (nSPS) is 19.3. The number of benzene rings is 2. The zero-order valence-electron chi connectivity index (χ0n) is 18.4. The summed E-state index contributed by atoms with van der Waals surface area (Å²) in [4.78, 5) is 25.9. The first-order valence-electron chi connectivity index (χ1n) is 11.0. The molecule has 34 heavy (non-hydrogen) atoms. The molecule has 3 heterocycles. The fourth-order valence-electron chi connectivity index (χ4n) is 4.21. The number of fused-ring (bicyclic) bond motifs is 1. The van der Waals surface area contributed by atoms with E-state index in [4.69, 9.17) is 21.1 Å². The van der Waals surface area contributed by atoms with E-state index in [-0.39, 0.29) is 35.8 Å². The molecule has 2 aromatic rings. The number of carbonyl (C=O) groups is 2. The molecule has 2 amide bonds. The molecule has 176 valence electrons. The molecule has 9 heteroatoms. The molecule has 0 aliphatic carbocycles. The number of anilines is 1. The maximum atomic E-state index is 14.5. The lowest BCUT2D eigenvalue weighted by atomic mass is 9.99. The molecule has 1 saturated heterocycles. The van der Waals surface area contributed by atoms with Crippen molar-refractivity contribution < 1.29 is 23.5 Å².